The summed E-state index contributed by atoms with van der Waals surface area (Å²) in [4.78, 5) is 4.96. The molecule has 0 saturated heterocycles. The van der Waals surface area contributed by atoms with Crippen LogP contribution in [-0.2, 0) is 16.2 Å². The van der Waals surface area contributed by atoms with Crippen molar-refractivity contribution < 1.29 is 0 Å². The van der Waals surface area contributed by atoms with Gasteiger partial charge >= 0.3 is 0 Å². The zero-order valence-electron chi connectivity index (χ0n) is 38.0. The molecule has 0 fully saturated rings. The summed E-state index contributed by atoms with van der Waals surface area (Å²) in [5, 5.41) is 0. The quantitative estimate of drug-likeness (QED) is 0.151. The summed E-state index contributed by atoms with van der Waals surface area (Å²) in [6.45, 7) is 18.6. The van der Waals surface area contributed by atoms with Crippen LogP contribution in [0.3, 0.4) is 0 Å². The molecule has 8 aromatic carbocycles. The van der Waals surface area contributed by atoms with Crippen molar-refractivity contribution in [1.29, 1.82) is 0 Å². The van der Waals surface area contributed by atoms with Gasteiger partial charge in [-0.15, -0.1) is 0 Å². The Balaban J connectivity index is 1.04. The third-order valence-corrected chi connectivity index (χ3v) is 15.3. The first-order valence-corrected chi connectivity index (χ1v) is 23.0. The maximum atomic E-state index is 2.52. The third kappa shape index (κ3) is 5.76. The minimum atomic E-state index is -0.155. The lowest BCUT2D eigenvalue weighted by molar-refractivity contribution is 0.490. The lowest BCUT2D eigenvalue weighted by atomic mass is 9.73. The summed E-state index contributed by atoms with van der Waals surface area (Å²) in [5.41, 5.74) is 25.7. The van der Waals surface area contributed by atoms with E-state index >= 15 is 0 Å². The Hall–Kier alpha value is -6.64. The smallest absolute Gasteiger partial charge is 0.0465 e. The van der Waals surface area contributed by atoms with E-state index in [-0.39, 0.29) is 16.2 Å². The van der Waals surface area contributed by atoms with Crippen LogP contribution in [0.15, 0.2) is 170 Å². The van der Waals surface area contributed by atoms with E-state index in [9.17, 15) is 0 Å². The van der Waals surface area contributed by atoms with E-state index in [4.69, 9.17) is 0 Å². The van der Waals surface area contributed by atoms with Crippen LogP contribution in [0.1, 0.15) is 98.9 Å². The fraction of sp³-hybridized carbons (Fsp3) is 0.213. The molecule has 0 spiro atoms. The Kier molecular flexibility index (Phi) is 8.84. The SMILES string of the molecule is CCC1(CC)c2cc(N(c3ccc(C)cc3)c3ccc4c(c3)C(C)(C)c3ccccc3-4)ccc2-c2ccc(N(c3ccc(C)cc3)c3ccc4c(c3)C(C)(C)c3ccccc3-4)cc21. The normalized spacial score (nSPS) is 15.2. The fourth-order valence-corrected chi connectivity index (χ4v) is 11.7. The van der Waals surface area contributed by atoms with Gasteiger partial charge in [0.15, 0.2) is 0 Å². The largest absolute Gasteiger partial charge is 0.310 e. The number of rotatable bonds is 8. The van der Waals surface area contributed by atoms with Gasteiger partial charge in [-0.2, -0.15) is 0 Å². The Bertz CT molecular complexity index is 2900. The van der Waals surface area contributed by atoms with Gasteiger partial charge in [-0.1, -0.05) is 150 Å². The molecule has 3 aliphatic carbocycles. The monoisotopic (exact) mass is 816 g/mol. The predicted octanol–water partition coefficient (Wildman–Crippen LogP) is 16.9. The molecule has 0 bridgehead atoms. The van der Waals surface area contributed by atoms with Crippen molar-refractivity contribution in [2.75, 3.05) is 9.80 Å². The van der Waals surface area contributed by atoms with Crippen LogP contribution in [0, 0.1) is 13.8 Å². The second-order valence-electron chi connectivity index (χ2n) is 19.4. The van der Waals surface area contributed by atoms with Crippen LogP contribution in [0.4, 0.5) is 34.1 Å². The molecule has 3 aliphatic rings. The van der Waals surface area contributed by atoms with Crippen LogP contribution in [-0.4, -0.2) is 0 Å². The molecule has 0 radical (unpaired) electrons. The number of aryl methyl sites for hydroxylation is 2. The van der Waals surface area contributed by atoms with E-state index in [0.717, 1.165) is 12.8 Å². The molecule has 0 N–H and O–H groups in total. The van der Waals surface area contributed by atoms with Crippen molar-refractivity contribution in [2.45, 2.75) is 84.5 Å². The van der Waals surface area contributed by atoms with Gasteiger partial charge in [0.05, 0.1) is 0 Å². The molecule has 0 aromatic heterocycles. The van der Waals surface area contributed by atoms with Crippen molar-refractivity contribution in [2.24, 2.45) is 0 Å². The van der Waals surface area contributed by atoms with Crippen LogP contribution in [0.2, 0.25) is 0 Å². The summed E-state index contributed by atoms with van der Waals surface area (Å²) < 4.78 is 0. The van der Waals surface area contributed by atoms with Crippen LogP contribution < -0.4 is 9.80 Å². The highest BCUT2D eigenvalue weighted by molar-refractivity contribution is 5.91. The second-order valence-corrected chi connectivity index (χ2v) is 19.4. The predicted molar refractivity (Wildman–Crippen MR) is 267 cm³/mol. The van der Waals surface area contributed by atoms with Crippen molar-refractivity contribution >= 4 is 34.1 Å². The topological polar surface area (TPSA) is 6.48 Å². The Morgan fingerprint density at radius 2 is 0.603 bits per heavy atom. The third-order valence-electron chi connectivity index (χ3n) is 15.3. The summed E-state index contributed by atoms with van der Waals surface area (Å²) in [5.74, 6) is 0. The fourth-order valence-electron chi connectivity index (χ4n) is 11.7. The lowest BCUT2D eigenvalue weighted by Crippen LogP contribution is -2.24. The molecule has 0 aliphatic heterocycles. The molecule has 2 nitrogen and oxygen atoms in total. The molecule has 0 unspecified atom stereocenters. The van der Waals surface area contributed by atoms with Crippen molar-refractivity contribution in [3.8, 4) is 33.4 Å². The Morgan fingerprint density at radius 1 is 0.317 bits per heavy atom. The average Bonchev–Trinajstić information content (AvgIpc) is 3.81. The Labute approximate surface area is 374 Å². The van der Waals surface area contributed by atoms with E-state index in [1.54, 1.807) is 0 Å². The zero-order valence-corrected chi connectivity index (χ0v) is 38.0. The summed E-state index contributed by atoms with van der Waals surface area (Å²) in [7, 11) is 0. The molecular weight excluding hydrogens is 761 g/mol. The van der Waals surface area contributed by atoms with E-state index in [1.165, 1.54) is 112 Å². The molecule has 63 heavy (non-hydrogen) atoms. The van der Waals surface area contributed by atoms with E-state index < -0.39 is 0 Å². The Morgan fingerprint density at radius 3 is 0.952 bits per heavy atom. The maximum Gasteiger partial charge on any atom is 0.0465 e. The number of fused-ring (bicyclic) bond motifs is 9. The van der Waals surface area contributed by atoms with E-state index in [1.807, 2.05) is 0 Å². The van der Waals surface area contributed by atoms with Gasteiger partial charge in [0.25, 0.3) is 0 Å². The number of benzene rings is 8. The van der Waals surface area contributed by atoms with E-state index in [2.05, 4.69) is 235 Å². The molecule has 8 aromatic rings. The van der Waals surface area contributed by atoms with Gasteiger partial charge in [0, 0.05) is 50.4 Å². The van der Waals surface area contributed by atoms with Crippen molar-refractivity contribution in [3.63, 3.8) is 0 Å². The van der Waals surface area contributed by atoms with Crippen molar-refractivity contribution in [1.82, 2.24) is 0 Å². The average molecular weight is 817 g/mol. The molecule has 310 valence electrons. The summed E-state index contributed by atoms with van der Waals surface area (Å²) in [6, 6.07) is 64.8. The number of nitrogens with zero attached hydrogens (tertiary/aromatic N) is 2. The van der Waals surface area contributed by atoms with Crippen molar-refractivity contribution in [3.05, 3.63) is 214 Å². The molecule has 0 atom stereocenters. The number of hydrogen-bond acceptors (Lipinski definition) is 2. The number of hydrogen-bond donors (Lipinski definition) is 0. The molecule has 0 saturated carbocycles. The number of anilines is 6. The first-order valence-electron chi connectivity index (χ1n) is 23.0. The molecular formula is C61H56N2. The van der Waals surface area contributed by atoms with Gasteiger partial charge in [-0.3, -0.25) is 0 Å². The standard InChI is InChI=1S/C61H56N2/c1-9-61(10-2)57-37-45(62(41-23-19-39(3)20-24-41)43-27-31-49-47-15-11-13-17-53(47)59(5,6)55(49)35-43)29-33-51(57)52-34-30-46(38-58(52)61)63(42-25-21-40(4)22-26-42)44-28-32-50-48-16-12-14-18-54(48)60(7,8)56(50)36-44/h11-38H,9-10H2,1-8H3. The second kappa shape index (κ2) is 14.2. The highest BCUT2D eigenvalue weighted by atomic mass is 15.1. The molecule has 0 amide bonds. The highest BCUT2D eigenvalue weighted by Crippen LogP contribution is 2.57. The van der Waals surface area contributed by atoms with Gasteiger partial charge in [0.1, 0.15) is 0 Å². The lowest BCUT2D eigenvalue weighted by Gasteiger charge is -2.33. The maximum absolute atomic E-state index is 2.52. The first kappa shape index (κ1) is 39.2. The molecule has 2 heteroatoms. The van der Waals surface area contributed by atoms with Gasteiger partial charge in [-0.25, -0.2) is 0 Å². The zero-order chi connectivity index (χ0) is 43.4. The van der Waals surface area contributed by atoms with Gasteiger partial charge in [-0.05, 0) is 166 Å². The van der Waals surface area contributed by atoms with Crippen LogP contribution >= 0.6 is 0 Å². The molecule has 11 rings (SSSR count). The summed E-state index contributed by atoms with van der Waals surface area (Å²) in [6.07, 6.45) is 2.00. The first-order chi connectivity index (χ1) is 30.4. The highest BCUT2D eigenvalue weighted by Gasteiger charge is 2.42. The van der Waals surface area contributed by atoms with Crippen LogP contribution in [0.25, 0.3) is 33.4 Å². The summed E-state index contributed by atoms with van der Waals surface area (Å²) >= 11 is 0. The molecule has 0 heterocycles. The minimum absolute atomic E-state index is 0.0921. The van der Waals surface area contributed by atoms with E-state index in [0.29, 0.717) is 0 Å². The van der Waals surface area contributed by atoms with Gasteiger partial charge < -0.3 is 9.80 Å². The minimum Gasteiger partial charge on any atom is -0.310 e. The van der Waals surface area contributed by atoms with Gasteiger partial charge in [0.2, 0.25) is 0 Å². The van der Waals surface area contributed by atoms with Crippen LogP contribution in [0.5, 0.6) is 0 Å².